The van der Waals surface area contributed by atoms with Gasteiger partial charge in [-0.2, -0.15) is 0 Å². The summed E-state index contributed by atoms with van der Waals surface area (Å²) in [6.07, 6.45) is 14.5. The van der Waals surface area contributed by atoms with Gasteiger partial charge in [-0.25, -0.2) is 4.79 Å². The summed E-state index contributed by atoms with van der Waals surface area (Å²) in [6.45, 7) is 2.68. The van der Waals surface area contributed by atoms with Crippen molar-refractivity contribution in [3.8, 4) is 11.1 Å². The summed E-state index contributed by atoms with van der Waals surface area (Å²) in [4.78, 5) is 15.4. The SMILES string of the molecule is CCCCCCCC1=CC2CCCC(C1)N2C(=O)OCC1c2ccccc2-c2ccccc21. The lowest BCUT2D eigenvalue weighted by Crippen LogP contribution is -2.52. The minimum atomic E-state index is -0.121. The first-order valence-corrected chi connectivity index (χ1v) is 13.1. The number of amides is 1. The summed E-state index contributed by atoms with van der Waals surface area (Å²) in [5, 5.41) is 0. The molecule has 1 aliphatic carbocycles. The minimum absolute atomic E-state index is 0.121. The molecule has 3 aliphatic rings. The molecule has 0 aromatic heterocycles. The molecule has 2 aliphatic heterocycles. The molecular weight excluding hydrogens is 406 g/mol. The van der Waals surface area contributed by atoms with Crippen LogP contribution in [0.3, 0.4) is 0 Å². The number of piperidine rings is 1. The lowest BCUT2D eigenvalue weighted by molar-refractivity contribution is 0.0507. The second-order valence-corrected chi connectivity index (χ2v) is 10.1. The summed E-state index contributed by atoms with van der Waals surface area (Å²) in [6, 6.07) is 17.6. The number of benzene rings is 2. The first-order chi connectivity index (χ1) is 16.3. The van der Waals surface area contributed by atoms with Gasteiger partial charge in [0.1, 0.15) is 6.61 Å². The number of unbranched alkanes of at least 4 members (excludes halogenated alkanes) is 4. The van der Waals surface area contributed by atoms with E-state index in [1.807, 2.05) is 0 Å². The largest absolute Gasteiger partial charge is 0.448 e. The standard InChI is InChI=1S/C30H37NO2/c1-2-3-4-5-6-12-22-19-23-13-11-14-24(20-22)31(23)30(32)33-21-29-27-17-9-7-15-25(27)26-16-8-10-18-28(26)29/h7-10,15-19,23-24,29H,2-6,11-14,20-21H2,1H3. The molecule has 2 aromatic rings. The zero-order chi connectivity index (χ0) is 22.6. The molecule has 0 N–H and O–H groups in total. The Morgan fingerprint density at radius 1 is 0.939 bits per heavy atom. The van der Waals surface area contributed by atoms with Crippen LogP contribution in [0.2, 0.25) is 0 Å². The van der Waals surface area contributed by atoms with Gasteiger partial charge in [0.05, 0.1) is 6.04 Å². The average molecular weight is 444 g/mol. The Balaban J connectivity index is 1.24. The van der Waals surface area contributed by atoms with Gasteiger partial charge in [0.25, 0.3) is 0 Å². The van der Waals surface area contributed by atoms with Crippen LogP contribution in [0.15, 0.2) is 60.2 Å². The molecule has 0 saturated carbocycles. The third kappa shape index (κ3) is 4.60. The number of carbonyl (C=O) groups excluding carboxylic acids is 1. The maximum Gasteiger partial charge on any atom is 0.410 e. The number of hydrogen-bond acceptors (Lipinski definition) is 2. The highest BCUT2D eigenvalue weighted by Crippen LogP contribution is 2.45. The van der Waals surface area contributed by atoms with Gasteiger partial charge in [-0.1, -0.05) is 92.8 Å². The van der Waals surface area contributed by atoms with Gasteiger partial charge in [0.2, 0.25) is 0 Å². The van der Waals surface area contributed by atoms with E-state index in [0.717, 1.165) is 19.3 Å². The fourth-order valence-corrected chi connectivity index (χ4v) is 6.21. The second-order valence-electron chi connectivity index (χ2n) is 10.1. The molecule has 174 valence electrons. The van der Waals surface area contributed by atoms with E-state index in [0.29, 0.717) is 12.6 Å². The van der Waals surface area contributed by atoms with Crippen LogP contribution in [0.4, 0.5) is 4.79 Å². The zero-order valence-corrected chi connectivity index (χ0v) is 20.0. The quantitative estimate of drug-likeness (QED) is 0.307. The number of ether oxygens (including phenoxy) is 1. The zero-order valence-electron chi connectivity index (χ0n) is 20.0. The molecule has 3 heteroatoms. The van der Waals surface area contributed by atoms with Gasteiger partial charge in [-0.3, -0.25) is 4.90 Å². The third-order valence-corrected chi connectivity index (χ3v) is 7.86. The van der Waals surface area contributed by atoms with Crippen molar-refractivity contribution in [3.05, 3.63) is 71.3 Å². The van der Waals surface area contributed by atoms with Crippen LogP contribution in [0, 0.1) is 0 Å². The highest BCUT2D eigenvalue weighted by atomic mass is 16.6. The van der Waals surface area contributed by atoms with Gasteiger partial charge >= 0.3 is 6.09 Å². The molecule has 2 unspecified atom stereocenters. The number of nitrogens with zero attached hydrogens (tertiary/aromatic N) is 1. The number of rotatable bonds is 8. The van der Waals surface area contributed by atoms with Crippen LogP contribution < -0.4 is 0 Å². The van der Waals surface area contributed by atoms with Crippen molar-refractivity contribution < 1.29 is 9.53 Å². The Kier molecular flexibility index (Phi) is 6.85. The smallest absolute Gasteiger partial charge is 0.410 e. The molecule has 3 nitrogen and oxygen atoms in total. The van der Waals surface area contributed by atoms with Crippen molar-refractivity contribution in [1.82, 2.24) is 4.90 Å². The van der Waals surface area contributed by atoms with E-state index in [1.165, 1.54) is 67.2 Å². The van der Waals surface area contributed by atoms with Crippen LogP contribution in [-0.4, -0.2) is 29.7 Å². The van der Waals surface area contributed by atoms with E-state index in [4.69, 9.17) is 4.74 Å². The third-order valence-electron chi connectivity index (χ3n) is 7.86. The Morgan fingerprint density at radius 3 is 2.33 bits per heavy atom. The number of carbonyl (C=O) groups is 1. The van der Waals surface area contributed by atoms with Crippen LogP contribution >= 0.6 is 0 Å². The van der Waals surface area contributed by atoms with Crippen molar-refractivity contribution in [1.29, 1.82) is 0 Å². The Hall–Kier alpha value is -2.55. The van der Waals surface area contributed by atoms with E-state index in [2.05, 4.69) is 66.4 Å². The lowest BCUT2D eigenvalue weighted by atomic mass is 9.84. The summed E-state index contributed by atoms with van der Waals surface area (Å²) < 4.78 is 6.03. The molecule has 1 fully saturated rings. The van der Waals surface area contributed by atoms with E-state index in [9.17, 15) is 4.79 Å². The fraction of sp³-hybridized carbons (Fsp3) is 0.500. The van der Waals surface area contributed by atoms with E-state index in [-0.39, 0.29) is 18.1 Å². The monoisotopic (exact) mass is 443 g/mol. The van der Waals surface area contributed by atoms with Crippen molar-refractivity contribution in [2.75, 3.05) is 6.61 Å². The molecule has 2 atom stereocenters. The fourth-order valence-electron chi connectivity index (χ4n) is 6.21. The molecule has 2 heterocycles. The molecule has 1 amide bonds. The Bertz CT molecular complexity index is 964. The molecule has 1 saturated heterocycles. The molecule has 5 rings (SSSR count). The van der Waals surface area contributed by atoms with E-state index < -0.39 is 0 Å². The van der Waals surface area contributed by atoms with Gasteiger partial charge in [0, 0.05) is 12.0 Å². The van der Waals surface area contributed by atoms with Gasteiger partial charge in [0.15, 0.2) is 0 Å². The van der Waals surface area contributed by atoms with Crippen LogP contribution in [0.5, 0.6) is 0 Å². The maximum absolute atomic E-state index is 13.3. The predicted octanol–water partition coefficient (Wildman–Crippen LogP) is 7.85. The van der Waals surface area contributed by atoms with Crippen molar-refractivity contribution in [2.45, 2.75) is 89.1 Å². The minimum Gasteiger partial charge on any atom is -0.448 e. The Labute approximate surface area is 198 Å². The highest BCUT2D eigenvalue weighted by Gasteiger charge is 2.38. The topological polar surface area (TPSA) is 29.5 Å². The molecule has 2 bridgehead atoms. The molecule has 0 radical (unpaired) electrons. The second kappa shape index (κ2) is 10.2. The molecule has 0 spiro atoms. The van der Waals surface area contributed by atoms with Crippen LogP contribution in [-0.2, 0) is 4.74 Å². The van der Waals surface area contributed by atoms with Crippen molar-refractivity contribution >= 4 is 6.09 Å². The summed E-state index contributed by atoms with van der Waals surface area (Å²) in [5.41, 5.74) is 6.67. The normalized spacial score (nSPS) is 21.4. The predicted molar refractivity (Wildman–Crippen MR) is 134 cm³/mol. The van der Waals surface area contributed by atoms with Crippen molar-refractivity contribution in [2.24, 2.45) is 0 Å². The van der Waals surface area contributed by atoms with Crippen molar-refractivity contribution in [3.63, 3.8) is 0 Å². The van der Waals surface area contributed by atoms with Crippen LogP contribution in [0.1, 0.15) is 88.2 Å². The number of fused-ring (bicyclic) bond motifs is 5. The highest BCUT2D eigenvalue weighted by molar-refractivity contribution is 5.79. The first-order valence-electron chi connectivity index (χ1n) is 13.1. The van der Waals surface area contributed by atoms with E-state index >= 15 is 0 Å². The molecule has 2 aromatic carbocycles. The summed E-state index contributed by atoms with van der Waals surface area (Å²) >= 11 is 0. The first kappa shape index (κ1) is 22.3. The lowest BCUT2D eigenvalue weighted by Gasteiger charge is -2.44. The maximum atomic E-state index is 13.3. The summed E-state index contributed by atoms with van der Waals surface area (Å²) in [7, 11) is 0. The molecule has 33 heavy (non-hydrogen) atoms. The average Bonchev–Trinajstić information content (AvgIpc) is 3.15. The summed E-state index contributed by atoms with van der Waals surface area (Å²) in [5.74, 6) is 0.125. The van der Waals surface area contributed by atoms with Gasteiger partial charge in [-0.05, 0) is 60.8 Å². The Morgan fingerprint density at radius 2 is 1.64 bits per heavy atom. The van der Waals surface area contributed by atoms with Crippen LogP contribution in [0.25, 0.3) is 11.1 Å². The molecular formula is C30H37NO2. The van der Waals surface area contributed by atoms with Gasteiger partial charge < -0.3 is 4.74 Å². The van der Waals surface area contributed by atoms with Gasteiger partial charge in [-0.15, -0.1) is 0 Å². The van der Waals surface area contributed by atoms with E-state index in [1.54, 1.807) is 5.57 Å². The number of hydrogen-bond donors (Lipinski definition) is 0.